The minimum absolute atomic E-state index is 0.00873. The number of hydrogen-bond donors (Lipinski definition) is 11. The molecule has 0 unspecified atom stereocenters. The van der Waals surface area contributed by atoms with E-state index >= 15 is 0 Å². The number of urea groups is 1. The Bertz CT molecular complexity index is 1590. The number of carbonyl (C=O) groups excluding carboxylic acids is 4. The Morgan fingerprint density at radius 3 is 1.24 bits per heavy atom. The monoisotopic (exact) mass is 943 g/mol. The highest BCUT2D eigenvalue weighted by Crippen LogP contribution is 2.09. The van der Waals surface area contributed by atoms with Crippen LogP contribution in [0.25, 0.3) is 0 Å². The third-order valence-electron chi connectivity index (χ3n) is 10.5. The van der Waals surface area contributed by atoms with E-state index < -0.39 is 72.3 Å². The van der Waals surface area contributed by atoms with Gasteiger partial charge in [0, 0.05) is 91.8 Å². The van der Waals surface area contributed by atoms with Gasteiger partial charge in [0.05, 0.1) is 19.6 Å². The van der Waals surface area contributed by atoms with Gasteiger partial charge in [-0.15, -0.1) is 0 Å². The molecule has 3 atom stereocenters. The number of nitrogens with zero attached hydrogens (tertiary/aromatic N) is 4. The lowest BCUT2D eigenvalue weighted by Gasteiger charge is -2.32. The molecule has 0 aromatic heterocycles. The highest BCUT2D eigenvalue weighted by Gasteiger charge is 2.25. The summed E-state index contributed by atoms with van der Waals surface area (Å²) >= 11 is 0. The first-order valence-corrected chi connectivity index (χ1v) is 22.2. The van der Waals surface area contributed by atoms with Crippen LogP contribution in [0.3, 0.4) is 0 Å². The number of hydrogen-bond acceptors (Lipinski definition) is 14. The molecule has 1 aliphatic rings. The van der Waals surface area contributed by atoms with E-state index in [9.17, 15) is 68.4 Å². The second kappa shape index (κ2) is 33.8. The van der Waals surface area contributed by atoms with Crippen molar-refractivity contribution in [3.8, 4) is 0 Å². The predicted octanol–water partition coefficient (Wildman–Crippen LogP) is -1.40. The summed E-state index contributed by atoms with van der Waals surface area (Å²) in [5.74, 6) is -8.20. The number of aliphatic carboxylic acids is 6. The molecule has 374 valence electrons. The SMILES string of the molecule is [CH]N1CCN(CC(=O)O)CCN(CC(=O)O)CCN(CC(=O)NCCCC[C@H](NC(=O)CCCCCCC(=O)NCCCC[C@H](NC(=O)N[C@@H](CCC(=O)O)C(=O)O)C(=O)O)C(=O)O)CC1. The van der Waals surface area contributed by atoms with Crippen molar-refractivity contribution in [2.75, 3.05) is 85.1 Å². The normalized spacial score (nSPS) is 16.0. The van der Waals surface area contributed by atoms with Crippen molar-refractivity contribution < 1.29 is 78.6 Å². The maximum absolute atomic E-state index is 12.8. The molecule has 11 N–H and O–H groups in total. The van der Waals surface area contributed by atoms with E-state index in [4.69, 9.17) is 17.3 Å². The Kier molecular flexibility index (Phi) is 29.9. The van der Waals surface area contributed by atoms with Gasteiger partial charge in [-0.25, -0.2) is 19.2 Å². The number of carbonyl (C=O) groups is 10. The zero-order chi connectivity index (χ0) is 49.4. The summed E-state index contributed by atoms with van der Waals surface area (Å²) in [7, 11) is 6.12. The fraction of sp³-hybridized carbons (Fsp3) is 0.732. The quantitative estimate of drug-likeness (QED) is 0.0346. The predicted molar refractivity (Wildman–Crippen MR) is 233 cm³/mol. The molecule has 0 aromatic rings. The summed E-state index contributed by atoms with van der Waals surface area (Å²) in [5, 5.41) is 67.9. The van der Waals surface area contributed by atoms with Crippen LogP contribution in [0.4, 0.5) is 4.79 Å². The first kappa shape index (κ1) is 58.4. The number of unbranched alkanes of at least 4 members (excludes halogenated alkanes) is 5. The van der Waals surface area contributed by atoms with Crippen molar-refractivity contribution >= 4 is 59.6 Å². The fourth-order valence-electron chi connectivity index (χ4n) is 6.75. The van der Waals surface area contributed by atoms with Crippen LogP contribution in [0.2, 0.25) is 0 Å². The van der Waals surface area contributed by atoms with Crippen molar-refractivity contribution in [2.24, 2.45) is 0 Å². The van der Waals surface area contributed by atoms with Crippen molar-refractivity contribution in [1.82, 2.24) is 46.2 Å². The molecule has 5 amide bonds. The van der Waals surface area contributed by atoms with Crippen molar-refractivity contribution in [1.29, 1.82) is 0 Å². The van der Waals surface area contributed by atoms with Gasteiger partial charge in [-0.1, -0.05) is 12.8 Å². The van der Waals surface area contributed by atoms with Crippen LogP contribution in [0, 0.1) is 7.05 Å². The zero-order valence-corrected chi connectivity index (χ0v) is 37.5. The molecule has 25 nitrogen and oxygen atoms in total. The lowest BCUT2D eigenvalue weighted by atomic mass is 10.1. The number of rotatable bonds is 32. The van der Waals surface area contributed by atoms with E-state index in [-0.39, 0.29) is 76.6 Å². The van der Waals surface area contributed by atoms with Crippen LogP contribution in [-0.4, -0.2) is 213 Å². The lowest BCUT2D eigenvalue weighted by molar-refractivity contribution is -0.142. The smallest absolute Gasteiger partial charge is 0.326 e. The van der Waals surface area contributed by atoms with Gasteiger partial charge in [0.2, 0.25) is 17.7 Å². The molecule has 1 saturated heterocycles. The maximum Gasteiger partial charge on any atom is 0.326 e. The van der Waals surface area contributed by atoms with Crippen LogP contribution in [0.15, 0.2) is 0 Å². The van der Waals surface area contributed by atoms with E-state index in [0.717, 1.165) is 0 Å². The molecule has 1 aliphatic heterocycles. The van der Waals surface area contributed by atoms with Gasteiger partial charge in [0.15, 0.2) is 0 Å². The fourth-order valence-corrected chi connectivity index (χ4v) is 6.75. The highest BCUT2D eigenvalue weighted by atomic mass is 16.4. The minimum atomic E-state index is -1.52. The molecule has 66 heavy (non-hydrogen) atoms. The summed E-state index contributed by atoms with van der Waals surface area (Å²) in [6, 6.07) is -5.04. The molecule has 0 spiro atoms. The Morgan fingerprint density at radius 1 is 0.409 bits per heavy atom. The molecular formula is C41H69N9O16. The zero-order valence-electron chi connectivity index (χ0n) is 37.5. The number of nitrogens with one attached hydrogen (secondary N) is 5. The average Bonchev–Trinajstić information content (AvgIpc) is 3.22. The molecule has 25 heteroatoms. The second-order valence-electron chi connectivity index (χ2n) is 16.0. The molecule has 0 aliphatic carbocycles. The lowest BCUT2D eigenvalue weighted by Crippen LogP contribution is -2.51. The van der Waals surface area contributed by atoms with Gasteiger partial charge in [0.1, 0.15) is 18.1 Å². The maximum atomic E-state index is 12.8. The largest absolute Gasteiger partial charge is 0.481 e. The Labute approximate surface area is 384 Å². The third-order valence-corrected chi connectivity index (χ3v) is 10.5. The van der Waals surface area contributed by atoms with Crippen LogP contribution >= 0.6 is 0 Å². The van der Waals surface area contributed by atoms with E-state index in [1.54, 1.807) is 14.7 Å². The van der Waals surface area contributed by atoms with Crippen molar-refractivity contribution in [2.45, 2.75) is 108 Å². The first-order chi connectivity index (χ1) is 31.2. The summed E-state index contributed by atoms with van der Waals surface area (Å²) in [5.41, 5.74) is 0. The molecule has 1 rings (SSSR count). The van der Waals surface area contributed by atoms with E-state index in [2.05, 4.69) is 26.6 Å². The molecule has 0 saturated carbocycles. The van der Waals surface area contributed by atoms with Crippen LogP contribution < -0.4 is 26.6 Å². The Morgan fingerprint density at radius 2 is 0.803 bits per heavy atom. The molecule has 1 fully saturated rings. The van der Waals surface area contributed by atoms with Crippen molar-refractivity contribution in [3.63, 3.8) is 0 Å². The average molecular weight is 944 g/mol. The van der Waals surface area contributed by atoms with Gasteiger partial charge < -0.3 is 57.2 Å². The standard InChI is InChI=1S/C41H69N9O16/c1-47-18-20-48(22-23-50(28-37(58)59)25-24-49(21-19-47)27-36(56)57)26-34(53)43-17-9-6-10-29(38(60)61)44-33(52)13-5-3-2-4-12-32(51)42-16-8-7-11-30(39(62)63)45-41(66)46-31(40(64)65)14-15-35(54)55/h1,29-31H,2-28H2,(H,42,51)(H,43,53)(H,44,52)(H,54,55)(H,56,57)(H,58,59)(H,60,61)(H,62,63)(H,64,65)(H2,45,46,66)/t29-,30-,31-/m0/s1. The van der Waals surface area contributed by atoms with Crippen molar-refractivity contribution in [3.05, 3.63) is 7.05 Å². The van der Waals surface area contributed by atoms with Gasteiger partial charge in [-0.2, -0.15) is 0 Å². The Balaban J connectivity index is 2.31. The van der Waals surface area contributed by atoms with E-state index in [1.807, 2.05) is 4.90 Å². The number of amides is 5. The molecule has 2 radical (unpaired) electrons. The second-order valence-corrected chi connectivity index (χ2v) is 16.0. The van der Waals surface area contributed by atoms with E-state index in [1.165, 1.54) is 0 Å². The summed E-state index contributed by atoms with van der Waals surface area (Å²) < 4.78 is 0. The summed E-state index contributed by atoms with van der Waals surface area (Å²) in [4.78, 5) is 125. The molecule has 1 heterocycles. The molecule has 0 aromatic carbocycles. The van der Waals surface area contributed by atoms with Gasteiger partial charge in [0.25, 0.3) is 0 Å². The van der Waals surface area contributed by atoms with Gasteiger partial charge in [-0.05, 0) is 57.8 Å². The van der Waals surface area contributed by atoms with Gasteiger partial charge in [-0.3, -0.25) is 48.4 Å². The molecule has 0 bridgehead atoms. The summed E-state index contributed by atoms with van der Waals surface area (Å²) in [6.07, 6.45) is 3.40. The van der Waals surface area contributed by atoms with Crippen LogP contribution in [-0.2, 0) is 43.2 Å². The number of carboxylic acids is 6. The Hall–Kier alpha value is -5.66. The first-order valence-electron chi connectivity index (χ1n) is 22.2. The molecular weight excluding hydrogens is 874 g/mol. The van der Waals surface area contributed by atoms with Crippen LogP contribution in [0.5, 0.6) is 0 Å². The topological polar surface area (TPSA) is 365 Å². The number of carboxylic acid groups (broad SMARTS) is 6. The minimum Gasteiger partial charge on any atom is -0.481 e. The van der Waals surface area contributed by atoms with E-state index in [0.29, 0.717) is 104 Å². The van der Waals surface area contributed by atoms with Gasteiger partial charge >= 0.3 is 41.8 Å². The summed E-state index contributed by atoms with van der Waals surface area (Å²) in [6.45, 7) is 2.96. The highest BCUT2D eigenvalue weighted by molar-refractivity contribution is 5.86. The third kappa shape index (κ3) is 29.7. The van der Waals surface area contributed by atoms with Crippen LogP contribution in [0.1, 0.15) is 89.9 Å².